The van der Waals surface area contributed by atoms with Gasteiger partial charge in [-0.05, 0) is 30.7 Å². The Morgan fingerprint density at radius 1 is 0.931 bits per heavy atom. The highest BCUT2D eigenvalue weighted by Crippen LogP contribution is 2.30. The van der Waals surface area contributed by atoms with Gasteiger partial charge in [0.2, 0.25) is 15.9 Å². The summed E-state index contributed by atoms with van der Waals surface area (Å²) in [5, 5.41) is 0. The summed E-state index contributed by atoms with van der Waals surface area (Å²) in [6.07, 6.45) is 0.567. The Bertz CT molecular complexity index is 972. The molecule has 1 amide bonds. The van der Waals surface area contributed by atoms with Gasteiger partial charge in [-0.3, -0.25) is 4.79 Å². The predicted octanol–water partition coefficient (Wildman–Crippen LogP) is 1.81. The molecule has 154 valence electrons. The molecule has 0 N–H and O–H groups in total. The average molecular weight is 416 g/mol. The predicted molar refractivity (Wildman–Crippen MR) is 111 cm³/mol. The van der Waals surface area contributed by atoms with Crippen LogP contribution in [0.25, 0.3) is 0 Å². The molecule has 2 heterocycles. The minimum Gasteiger partial charge on any atom is -0.495 e. The van der Waals surface area contributed by atoms with Gasteiger partial charge in [-0.2, -0.15) is 4.31 Å². The Morgan fingerprint density at radius 2 is 1.59 bits per heavy atom. The van der Waals surface area contributed by atoms with E-state index in [-0.39, 0.29) is 10.8 Å². The van der Waals surface area contributed by atoms with Crippen molar-refractivity contribution in [2.24, 2.45) is 0 Å². The van der Waals surface area contributed by atoms with E-state index in [0.29, 0.717) is 39.1 Å². The van der Waals surface area contributed by atoms with Gasteiger partial charge in [-0.1, -0.05) is 30.3 Å². The summed E-state index contributed by atoms with van der Waals surface area (Å²) in [7, 11) is -1.99. The van der Waals surface area contributed by atoms with Crippen molar-refractivity contribution in [1.29, 1.82) is 0 Å². The number of amides is 1. The second-order valence-corrected chi connectivity index (χ2v) is 9.11. The molecule has 2 aromatic rings. The van der Waals surface area contributed by atoms with Crippen LogP contribution in [0.2, 0.25) is 0 Å². The highest BCUT2D eigenvalue weighted by molar-refractivity contribution is 7.89. The molecule has 2 fully saturated rings. The van der Waals surface area contributed by atoms with Crippen LogP contribution in [-0.2, 0) is 14.8 Å². The van der Waals surface area contributed by atoms with Gasteiger partial charge in [0.15, 0.2) is 0 Å². The van der Waals surface area contributed by atoms with Crippen LogP contribution in [0.1, 0.15) is 6.42 Å². The van der Waals surface area contributed by atoms with E-state index in [1.165, 1.54) is 4.31 Å². The number of nitrogens with zero attached hydrogens (tertiary/aromatic N) is 3. The van der Waals surface area contributed by atoms with E-state index in [9.17, 15) is 13.2 Å². The molecule has 0 spiro atoms. The van der Waals surface area contributed by atoms with Gasteiger partial charge in [-0.15, -0.1) is 0 Å². The summed E-state index contributed by atoms with van der Waals surface area (Å²) in [6.45, 7) is 2.88. The Morgan fingerprint density at radius 3 is 2.21 bits per heavy atom. The SMILES string of the molecule is COc1ccccc1N1CCN(C(=O)C2CCN2S(=O)(=O)c2ccccc2)CC1. The second-order valence-electron chi connectivity index (χ2n) is 7.22. The minimum atomic E-state index is -3.64. The second kappa shape index (κ2) is 8.04. The molecule has 1 unspecified atom stereocenters. The average Bonchev–Trinajstić information content (AvgIpc) is 2.73. The molecule has 2 aliphatic rings. The number of benzene rings is 2. The van der Waals surface area contributed by atoms with Crippen molar-refractivity contribution in [1.82, 2.24) is 9.21 Å². The Labute approximate surface area is 171 Å². The molecule has 7 nitrogen and oxygen atoms in total. The third kappa shape index (κ3) is 3.70. The summed E-state index contributed by atoms with van der Waals surface area (Å²) in [5.41, 5.74) is 1.01. The molecule has 2 aromatic carbocycles. The monoisotopic (exact) mass is 415 g/mol. The topological polar surface area (TPSA) is 70.2 Å². The standard InChI is InChI=1S/C21H25N3O4S/c1-28-20-10-6-5-9-18(20)22-13-15-23(16-14-22)21(25)19-11-12-24(19)29(26,27)17-7-3-2-4-8-17/h2-10,19H,11-16H2,1H3. The van der Waals surface area contributed by atoms with E-state index in [0.717, 1.165) is 11.4 Å². The lowest BCUT2D eigenvalue weighted by Crippen LogP contribution is -2.61. The highest BCUT2D eigenvalue weighted by Gasteiger charge is 2.44. The van der Waals surface area contributed by atoms with E-state index < -0.39 is 16.1 Å². The molecule has 1 atom stereocenters. The van der Waals surface area contributed by atoms with E-state index in [4.69, 9.17) is 4.74 Å². The quantitative estimate of drug-likeness (QED) is 0.745. The van der Waals surface area contributed by atoms with Crippen molar-refractivity contribution >= 4 is 21.6 Å². The maximum absolute atomic E-state index is 13.0. The number of hydrogen-bond acceptors (Lipinski definition) is 5. The number of carbonyl (C=O) groups is 1. The number of ether oxygens (including phenoxy) is 1. The Kier molecular flexibility index (Phi) is 5.47. The van der Waals surface area contributed by atoms with E-state index in [1.54, 1.807) is 42.3 Å². The lowest BCUT2D eigenvalue weighted by molar-refractivity contribution is -0.138. The molecular weight excluding hydrogens is 390 g/mol. The number of anilines is 1. The van der Waals surface area contributed by atoms with Crippen LogP contribution in [0.4, 0.5) is 5.69 Å². The molecular formula is C21H25N3O4S. The van der Waals surface area contributed by atoms with Crippen molar-refractivity contribution in [3.8, 4) is 5.75 Å². The molecule has 8 heteroatoms. The molecule has 0 aliphatic carbocycles. The van der Waals surface area contributed by atoms with Crippen molar-refractivity contribution in [2.45, 2.75) is 17.4 Å². The van der Waals surface area contributed by atoms with Gasteiger partial charge in [0.1, 0.15) is 11.8 Å². The molecule has 0 aromatic heterocycles. The van der Waals surface area contributed by atoms with E-state index >= 15 is 0 Å². The van der Waals surface area contributed by atoms with Crippen molar-refractivity contribution in [3.63, 3.8) is 0 Å². The first-order valence-electron chi connectivity index (χ1n) is 9.76. The van der Waals surface area contributed by atoms with Crippen molar-refractivity contribution in [2.75, 3.05) is 44.7 Å². The minimum absolute atomic E-state index is 0.101. The summed E-state index contributed by atoms with van der Waals surface area (Å²) in [6, 6.07) is 15.5. The highest BCUT2D eigenvalue weighted by atomic mass is 32.2. The fraction of sp³-hybridized carbons (Fsp3) is 0.381. The molecule has 4 rings (SSSR count). The number of carbonyl (C=O) groups excluding carboxylic acids is 1. The zero-order valence-electron chi connectivity index (χ0n) is 16.4. The zero-order valence-corrected chi connectivity index (χ0v) is 17.2. The van der Waals surface area contributed by atoms with Crippen LogP contribution in [0.3, 0.4) is 0 Å². The number of rotatable bonds is 5. The number of piperazine rings is 1. The first kappa shape index (κ1) is 19.7. The summed E-state index contributed by atoms with van der Waals surface area (Å²) >= 11 is 0. The maximum Gasteiger partial charge on any atom is 0.243 e. The maximum atomic E-state index is 13.0. The van der Waals surface area contributed by atoms with Gasteiger partial charge in [-0.25, -0.2) is 8.42 Å². The van der Waals surface area contributed by atoms with Crippen LogP contribution >= 0.6 is 0 Å². The Balaban J connectivity index is 1.41. The van der Waals surface area contributed by atoms with Crippen LogP contribution in [0, 0.1) is 0 Å². The smallest absolute Gasteiger partial charge is 0.243 e. The molecule has 0 radical (unpaired) electrons. The number of para-hydroxylation sites is 2. The third-order valence-corrected chi connectivity index (χ3v) is 7.55. The van der Waals surface area contributed by atoms with E-state index in [1.807, 2.05) is 24.3 Å². The first-order chi connectivity index (χ1) is 14.0. The number of hydrogen-bond donors (Lipinski definition) is 0. The van der Waals surface area contributed by atoms with Gasteiger partial charge < -0.3 is 14.5 Å². The van der Waals surface area contributed by atoms with Crippen molar-refractivity contribution in [3.05, 3.63) is 54.6 Å². The molecule has 29 heavy (non-hydrogen) atoms. The normalized spacial score (nSPS) is 20.2. The lowest BCUT2D eigenvalue weighted by Gasteiger charge is -2.43. The van der Waals surface area contributed by atoms with Crippen molar-refractivity contribution < 1.29 is 17.9 Å². The van der Waals surface area contributed by atoms with Crippen LogP contribution in [0.5, 0.6) is 5.75 Å². The number of sulfonamides is 1. The fourth-order valence-electron chi connectivity index (χ4n) is 3.90. The summed E-state index contributed by atoms with van der Waals surface area (Å²) in [4.78, 5) is 17.2. The van der Waals surface area contributed by atoms with E-state index in [2.05, 4.69) is 4.90 Å². The molecule has 0 bridgehead atoms. The molecule has 2 saturated heterocycles. The van der Waals surface area contributed by atoms with Gasteiger partial charge in [0.25, 0.3) is 0 Å². The van der Waals surface area contributed by atoms with Gasteiger partial charge in [0.05, 0.1) is 17.7 Å². The lowest BCUT2D eigenvalue weighted by atomic mass is 10.1. The molecule has 0 saturated carbocycles. The Hall–Kier alpha value is -2.58. The van der Waals surface area contributed by atoms with Gasteiger partial charge >= 0.3 is 0 Å². The first-order valence-corrected chi connectivity index (χ1v) is 11.2. The fourth-order valence-corrected chi connectivity index (χ4v) is 5.54. The summed E-state index contributed by atoms with van der Waals surface area (Å²) in [5.74, 6) is 0.710. The van der Waals surface area contributed by atoms with Crippen LogP contribution in [0.15, 0.2) is 59.5 Å². The third-order valence-electron chi connectivity index (χ3n) is 5.62. The molecule has 2 aliphatic heterocycles. The van der Waals surface area contributed by atoms with Crippen LogP contribution < -0.4 is 9.64 Å². The summed E-state index contributed by atoms with van der Waals surface area (Å²) < 4.78 is 32.5. The van der Waals surface area contributed by atoms with Gasteiger partial charge in [0, 0.05) is 32.7 Å². The van der Waals surface area contributed by atoms with Crippen LogP contribution in [-0.4, -0.2) is 69.4 Å². The largest absolute Gasteiger partial charge is 0.495 e. The number of methoxy groups -OCH3 is 1. The zero-order chi connectivity index (χ0) is 20.4.